The van der Waals surface area contributed by atoms with E-state index in [9.17, 15) is 4.79 Å². The Balaban J connectivity index is 0.00000144. The molecule has 0 spiro atoms. The number of aromatic nitrogens is 1. The predicted molar refractivity (Wildman–Crippen MR) is 98.9 cm³/mol. The van der Waals surface area contributed by atoms with E-state index < -0.39 is 0 Å². The number of hydrogen-bond acceptors (Lipinski definition) is 4. The van der Waals surface area contributed by atoms with E-state index in [4.69, 9.17) is 4.42 Å². The van der Waals surface area contributed by atoms with E-state index in [0.29, 0.717) is 12.3 Å². The molecule has 0 radical (unpaired) electrons. The Labute approximate surface area is 154 Å². The number of amides is 1. The van der Waals surface area contributed by atoms with Crippen LogP contribution in [0.5, 0.6) is 0 Å². The molecule has 1 amide bonds. The fraction of sp³-hybridized carbons (Fsp3) is 0.412. The van der Waals surface area contributed by atoms with Gasteiger partial charge in [0.1, 0.15) is 5.76 Å². The molecular weight excluding hydrogens is 349 g/mol. The fourth-order valence-electron chi connectivity index (χ4n) is 2.75. The maximum Gasteiger partial charge on any atom is 0.229 e. The first-order chi connectivity index (χ1) is 10.6. The molecular formula is C17H23Cl2N3O2. The van der Waals surface area contributed by atoms with Gasteiger partial charge in [0.2, 0.25) is 11.8 Å². The molecule has 3 rings (SSSR count). The topological polar surface area (TPSA) is 58.4 Å². The van der Waals surface area contributed by atoms with Crippen molar-refractivity contribution in [3.05, 3.63) is 41.8 Å². The van der Waals surface area contributed by atoms with Crippen molar-refractivity contribution in [2.75, 3.05) is 19.6 Å². The first kappa shape index (κ1) is 20.5. The molecule has 1 aromatic heterocycles. The Morgan fingerprint density at radius 2 is 2.04 bits per heavy atom. The number of hydrogen-bond donors (Lipinski definition) is 1. The summed E-state index contributed by atoms with van der Waals surface area (Å²) in [5.41, 5.74) is 1.66. The zero-order valence-electron chi connectivity index (χ0n) is 13.8. The molecule has 2 heterocycles. The molecule has 5 nitrogen and oxygen atoms in total. The van der Waals surface area contributed by atoms with Crippen molar-refractivity contribution in [1.29, 1.82) is 0 Å². The van der Waals surface area contributed by atoms with Gasteiger partial charge in [-0.05, 0) is 26.0 Å². The molecule has 2 aromatic rings. The number of nitrogens with one attached hydrogen (secondary N) is 1. The van der Waals surface area contributed by atoms with E-state index in [1.165, 1.54) is 0 Å². The van der Waals surface area contributed by atoms with Crippen molar-refractivity contribution in [3.63, 3.8) is 0 Å². The van der Waals surface area contributed by atoms with Crippen LogP contribution in [0.15, 0.2) is 34.7 Å². The standard InChI is InChI=1S/C17H21N3O2.2ClH/c1-12-11-18-8-9-20(12)16(21)10-15-13(2)22-17(19-15)14-6-4-3-5-7-14;;/h3-7,12,18H,8-11H2,1-2H3;2*1H. The third-order valence-corrected chi connectivity index (χ3v) is 4.05. The molecule has 132 valence electrons. The van der Waals surface area contributed by atoms with Gasteiger partial charge in [0.05, 0.1) is 12.1 Å². The normalized spacial score (nSPS) is 16.9. The van der Waals surface area contributed by atoms with Crippen LogP contribution in [0.1, 0.15) is 18.4 Å². The summed E-state index contributed by atoms with van der Waals surface area (Å²) in [7, 11) is 0. The lowest BCUT2D eigenvalue weighted by atomic mass is 10.1. The highest BCUT2D eigenvalue weighted by Crippen LogP contribution is 2.22. The van der Waals surface area contributed by atoms with Gasteiger partial charge in [-0.25, -0.2) is 4.98 Å². The van der Waals surface area contributed by atoms with Crippen LogP contribution in [-0.4, -0.2) is 41.5 Å². The van der Waals surface area contributed by atoms with Crippen LogP contribution in [0.2, 0.25) is 0 Å². The zero-order valence-corrected chi connectivity index (χ0v) is 15.5. The number of piperazine rings is 1. The molecule has 1 aliphatic rings. The summed E-state index contributed by atoms with van der Waals surface area (Å²) >= 11 is 0. The van der Waals surface area contributed by atoms with Crippen molar-refractivity contribution >= 4 is 30.7 Å². The van der Waals surface area contributed by atoms with Gasteiger partial charge in [-0.2, -0.15) is 0 Å². The fourth-order valence-corrected chi connectivity index (χ4v) is 2.75. The maximum absolute atomic E-state index is 12.5. The molecule has 1 aliphatic heterocycles. The Bertz CT molecular complexity index is 661. The van der Waals surface area contributed by atoms with Crippen molar-refractivity contribution in [3.8, 4) is 11.5 Å². The third-order valence-electron chi connectivity index (χ3n) is 4.05. The van der Waals surface area contributed by atoms with Gasteiger partial charge in [-0.3, -0.25) is 4.79 Å². The van der Waals surface area contributed by atoms with E-state index in [-0.39, 0.29) is 36.8 Å². The van der Waals surface area contributed by atoms with E-state index in [1.807, 2.05) is 42.2 Å². The molecule has 1 saturated heterocycles. The second kappa shape index (κ2) is 9.06. The first-order valence-corrected chi connectivity index (χ1v) is 7.67. The molecule has 1 fully saturated rings. The van der Waals surface area contributed by atoms with Gasteiger partial charge in [0.15, 0.2) is 0 Å². The number of carbonyl (C=O) groups is 1. The van der Waals surface area contributed by atoms with Gasteiger partial charge in [-0.15, -0.1) is 24.8 Å². The van der Waals surface area contributed by atoms with E-state index >= 15 is 0 Å². The zero-order chi connectivity index (χ0) is 15.5. The highest BCUT2D eigenvalue weighted by atomic mass is 35.5. The number of benzene rings is 1. The third kappa shape index (κ3) is 4.50. The predicted octanol–water partition coefficient (Wildman–Crippen LogP) is 2.86. The Hall–Kier alpha value is -1.56. The maximum atomic E-state index is 12.5. The molecule has 24 heavy (non-hydrogen) atoms. The number of halogens is 2. The van der Waals surface area contributed by atoms with Crippen molar-refractivity contribution < 1.29 is 9.21 Å². The van der Waals surface area contributed by atoms with Gasteiger partial charge >= 0.3 is 0 Å². The summed E-state index contributed by atoms with van der Waals surface area (Å²) < 4.78 is 5.72. The monoisotopic (exact) mass is 371 g/mol. The van der Waals surface area contributed by atoms with E-state index in [1.54, 1.807) is 0 Å². The minimum Gasteiger partial charge on any atom is -0.441 e. The first-order valence-electron chi connectivity index (χ1n) is 7.67. The number of nitrogens with zero attached hydrogens (tertiary/aromatic N) is 2. The highest BCUT2D eigenvalue weighted by Gasteiger charge is 2.24. The molecule has 0 saturated carbocycles. The van der Waals surface area contributed by atoms with Crippen molar-refractivity contribution in [2.24, 2.45) is 0 Å². The number of aryl methyl sites for hydroxylation is 1. The molecule has 1 unspecified atom stereocenters. The smallest absolute Gasteiger partial charge is 0.229 e. The number of carbonyl (C=O) groups excluding carboxylic acids is 1. The second-order valence-corrected chi connectivity index (χ2v) is 5.70. The van der Waals surface area contributed by atoms with Gasteiger partial charge < -0.3 is 14.6 Å². The molecule has 1 aromatic carbocycles. The summed E-state index contributed by atoms with van der Waals surface area (Å²) in [6.07, 6.45) is 0.298. The summed E-state index contributed by atoms with van der Waals surface area (Å²) in [5.74, 6) is 1.41. The number of oxazole rings is 1. The quantitative estimate of drug-likeness (QED) is 0.900. The van der Waals surface area contributed by atoms with E-state index in [0.717, 1.165) is 36.7 Å². The van der Waals surface area contributed by atoms with Gasteiger partial charge in [-0.1, -0.05) is 18.2 Å². The van der Waals surface area contributed by atoms with Gasteiger partial charge in [0.25, 0.3) is 0 Å². The van der Waals surface area contributed by atoms with Crippen LogP contribution in [-0.2, 0) is 11.2 Å². The van der Waals surface area contributed by atoms with Crippen LogP contribution in [0, 0.1) is 6.92 Å². The van der Waals surface area contributed by atoms with Crippen molar-refractivity contribution in [1.82, 2.24) is 15.2 Å². The number of rotatable bonds is 3. The summed E-state index contributed by atoms with van der Waals surface area (Å²) in [6, 6.07) is 9.98. The Kier molecular flexibility index (Phi) is 7.73. The Morgan fingerprint density at radius 1 is 1.33 bits per heavy atom. The molecule has 0 aliphatic carbocycles. The van der Waals surface area contributed by atoms with Gasteiger partial charge in [0, 0.05) is 31.2 Å². The summed E-state index contributed by atoms with van der Waals surface area (Å²) in [6.45, 7) is 6.38. The molecule has 0 bridgehead atoms. The lowest BCUT2D eigenvalue weighted by molar-refractivity contribution is -0.133. The summed E-state index contributed by atoms with van der Waals surface area (Å²) in [4.78, 5) is 18.9. The van der Waals surface area contributed by atoms with E-state index in [2.05, 4.69) is 17.2 Å². The average molecular weight is 372 g/mol. The minimum atomic E-state index is 0. The van der Waals surface area contributed by atoms with Crippen LogP contribution in [0.25, 0.3) is 11.5 Å². The molecule has 1 atom stereocenters. The minimum absolute atomic E-state index is 0. The SMILES string of the molecule is Cc1oc(-c2ccccc2)nc1CC(=O)N1CCNCC1C.Cl.Cl. The lowest BCUT2D eigenvalue weighted by Crippen LogP contribution is -2.52. The van der Waals surface area contributed by atoms with Crippen LogP contribution in [0.4, 0.5) is 0 Å². The van der Waals surface area contributed by atoms with Crippen molar-refractivity contribution in [2.45, 2.75) is 26.3 Å². The molecule has 1 N–H and O–H groups in total. The molecule has 7 heteroatoms. The lowest BCUT2D eigenvalue weighted by Gasteiger charge is -2.33. The average Bonchev–Trinajstić information content (AvgIpc) is 2.89. The van der Waals surface area contributed by atoms with Crippen LogP contribution < -0.4 is 5.32 Å². The summed E-state index contributed by atoms with van der Waals surface area (Å²) in [5, 5.41) is 3.29. The Morgan fingerprint density at radius 3 is 2.71 bits per heavy atom. The second-order valence-electron chi connectivity index (χ2n) is 5.70. The van der Waals surface area contributed by atoms with Crippen LogP contribution in [0.3, 0.4) is 0 Å². The largest absolute Gasteiger partial charge is 0.441 e. The van der Waals surface area contributed by atoms with Crippen LogP contribution >= 0.6 is 24.8 Å². The highest BCUT2D eigenvalue weighted by molar-refractivity contribution is 5.85.